The van der Waals surface area contributed by atoms with Gasteiger partial charge in [0, 0.05) is 0 Å². The van der Waals surface area contributed by atoms with Gasteiger partial charge in [-0.1, -0.05) is 42.5 Å². The summed E-state index contributed by atoms with van der Waals surface area (Å²) in [7, 11) is 0. The molecule has 0 heterocycles. The highest BCUT2D eigenvalue weighted by Crippen LogP contribution is 2.21. The topological polar surface area (TPSA) is 35.2 Å². The van der Waals surface area contributed by atoms with E-state index >= 15 is 0 Å². The van der Waals surface area contributed by atoms with Crippen molar-refractivity contribution >= 4 is 22.6 Å². The molecule has 17 heavy (non-hydrogen) atoms. The van der Waals surface area contributed by atoms with E-state index in [1.54, 1.807) is 0 Å². The van der Waals surface area contributed by atoms with E-state index in [1.165, 1.54) is 0 Å². The van der Waals surface area contributed by atoms with Crippen LogP contribution in [0.4, 0.5) is 0 Å². The highest BCUT2D eigenvalue weighted by Gasteiger charge is 2.07. The number of benzene rings is 2. The number of hydrogen-bond donors (Lipinski definition) is 1. The Morgan fingerprint density at radius 3 is 2.35 bits per heavy atom. The zero-order valence-corrected chi connectivity index (χ0v) is 11.5. The van der Waals surface area contributed by atoms with Crippen LogP contribution in [0.1, 0.15) is 11.6 Å². The predicted molar refractivity (Wildman–Crippen MR) is 78.0 cm³/mol. The van der Waals surface area contributed by atoms with E-state index < -0.39 is 0 Å². The monoisotopic (exact) mass is 339 g/mol. The quantitative estimate of drug-likeness (QED) is 0.867. The van der Waals surface area contributed by atoms with Crippen LogP contribution in [0.25, 0.3) is 0 Å². The Bertz CT molecular complexity index is 473. The lowest BCUT2D eigenvalue weighted by atomic mass is 10.1. The summed E-state index contributed by atoms with van der Waals surface area (Å²) in [5.41, 5.74) is 7.16. The number of rotatable bonds is 4. The van der Waals surface area contributed by atoms with Gasteiger partial charge in [-0.2, -0.15) is 0 Å². The van der Waals surface area contributed by atoms with Gasteiger partial charge in [0.05, 0.1) is 9.61 Å². The van der Waals surface area contributed by atoms with Crippen molar-refractivity contribution < 1.29 is 4.74 Å². The van der Waals surface area contributed by atoms with Crippen LogP contribution < -0.4 is 10.5 Å². The van der Waals surface area contributed by atoms with Crippen molar-refractivity contribution in [3.63, 3.8) is 0 Å². The molecule has 2 N–H and O–H groups in total. The minimum Gasteiger partial charge on any atom is -0.491 e. The third-order valence-electron chi connectivity index (χ3n) is 2.48. The summed E-state index contributed by atoms with van der Waals surface area (Å²) in [5, 5.41) is 0. The zero-order chi connectivity index (χ0) is 12.1. The molecule has 3 heteroatoms. The molecule has 1 unspecified atom stereocenters. The Morgan fingerprint density at radius 2 is 1.65 bits per heavy atom. The van der Waals surface area contributed by atoms with E-state index in [0.29, 0.717) is 6.61 Å². The summed E-state index contributed by atoms with van der Waals surface area (Å²) >= 11 is 2.26. The number of hydrogen-bond acceptors (Lipinski definition) is 2. The molecule has 0 saturated heterocycles. The van der Waals surface area contributed by atoms with Crippen LogP contribution in [0.3, 0.4) is 0 Å². The van der Waals surface area contributed by atoms with Gasteiger partial charge >= 0.3 is 0 Å². The first-order valence-electron chi connectivity index (χ1n) is 5.45. The Balaban J connectivity index is 1.97. The van der Waals surface area contributed by atoms with E-state index in [-0.39, 0.29) is 6.04 Å². The molecular formula is C14H14INO. The van der Waals surface area contributed by atoms with Crippen molar-refractivity contribution in [2.75, 3.05) is 6.61 Å². The van der Waals surface area contributed by atoms with Gasteiger partial charge in [0.15, 0.2) is 0 Å². The lowest BCUT2D eigenvalue weighted by Crippen LogP contribution is -2.19. The number of ether oxygens (including phenoxy) is 1. The molecule has 0 fully saturated rings. The summed E-state index contributed by atoms with van der Waals surface area (Å²) in [6.45, 7) is 0.490. The molecular weight excluding hydrogens is 325 g/mol. The average molecular weight is 339 g/mol. The fourth-order valence-corrected chi connectivity index (χ4v) is 2.08. The minimum absolute atomic E-state index is 0.0905. The van der Waals surface area contributed by atoms with Crippen LogP contribution in [0, 0.1) is 3.57 Å². The van der Waals surface area contributed by atoms with Crippen molar-refractivity contribution in [3.8, 4) is 5.75 Å². The standard InChI is InChI=1S/C14H14INO/c15-12-8-4-5-9-14(12)17-10-13(16)11-6-2-1-3-7-11/h1-9,13H,10,16H2. The molecule has 2 nitrogen and oxygen atoms in total. The van der Waals surface area contributed by atoms with Crippen molar-refractivity contribution in [1.29, 1.82) is 0 Å². The lowest BCUT2D eigenvalue weighted by molar-refractivity contribution is 0.289. The maximum atomic E-state index is 6.07. The van der Waals surface area contributed by atoms with Crippen molar-refractivity contribution in [3.05, 3.63) is 63.7 Å². The van der Waals surface area contributed by atoms with Gasteiger partial charge in [0.2, 0.25) is 0 Å². The third kappa shape index (κ3) is 3.44. The Morgan fingerprint density at radius 1 is 1.00 bits per heavy atom. The van der Waals surface area contributed by atoms with Gasteiger partial charge in [0.25, 0.3) is 0 Å². The van der Waals surface area contributed by atoms with Gasteiger partial charge in [-0.3, -0.25) is 0 Å². The Labute approximate surface area is 115 Å². The van der Waals surface area contributed by atoms with E-state index in [2.05, 4.69) is 22.6 Å². The zero-order valence-electron chi connectivity index (χ0n) is 9.34. The molecule has 0 radical (unpaired) electrons. The van der Waals surface area contributed by atoms with Gasteiger partial charge in [0.1, 0.15) is 12.4 Å². The molecule has 2 rings (SSSR count). The highest BCUT2D eigenvalue weighted by molar-refractivity contribution is 14.1. The first-order valence-corrected chi connectivity index (χ1v) is 6.53. The predicted octanol–water partition coefficient (Wildman–Crippen LogP) is 3.37. The molecule has 0 aliphatic carbocycles. The Kier molecular flexibility index (Phi) is 4.39. The molecule has 88 valence electrons. The molecule has 1 atom stereocenters. The maximum Gasteiger partial charge on any atom is 0.132 e. The second-order valence-corrected chi connectivity index (χ2v) is 4.92. The minimum atomic E-state index is -0.0905. The summed E-state index contributed by atoms with van der Waals surface area (Å²) in [6, 6.07) is 17.8. The highest BCUT2D eigenvalue weighted by atomic mass is 127. The van der Waals surface area contributed by atoms with E-state index in [4.69, 9.17) is 10.5 Å². The van der Waals surface area contributed by atoms with E-state index in [9.17, 15) is 0 Å². The fourth-order valence-electron chi connectivity index (χ4n) is 1.54. The first kappa shape index (κ1) is 12.4. The van der Waals surface area contributed by atoms with E-state index in [0.717, 1.165) is 14.9 Å². The largest absolute Gasteiger partial charge is 0.491 e. The number of nitrogens with two attached hydrogens (primary N) is 1. The Hall–Kier alpha value is -1.07. The lowest BCUT2D eigenvalue weighted by Gasteiger charge is -2.14. The summed E-state index contributed by atoms with van der Waals surface area (Å²) in [4.78, 5) is 0. The average Bonchev–Trinajstić information content (AvgIpc) is 2.38. The van der Waals surface area contributed by atoms with Gasteiger partial charge in [-0.05, 0) is 40.3 Å². The molecule has 0 spiro atoms. The number of para-hydroxylation sites is 1. The molecule has 0 aliphatic rings. The van der Waals surface area contributed by atoms with Gasteiger partial charge in [-0.25, -0.2) is 0 Å². The van der Waals surface area contributed by atoms with Crippen LogP contribution in [0.2, 0.25) is 0 Å². The summed E-state index contributed by atoms with van der Waals surface area (Å²) < 4.78 is 6.82. The molecule has 0 amide bonds. The fraction of sp³-hybridized carbons (Fsp3) is 0.143. The molecule has 0 aromatic heterocycles. The van der Waals surface area contributed by atoms with E-state index in [1.807, 2.05) is 54.6 Å². The SMILES string of the molecule is NC(COc1ccccc1I)c1ccccc1. The van der Waals surface area contributed by atoms with Crippen LogP contribution in [-0.4, -0.2) is 6.61 Å². The van der Waals surface area contributed by atoms with Crippen LogP contribution in [0.15, 0.2) is 54.6 Å². The van der Waals surface area contributed by atoms with Crippen LogP contribution >= 0.6 is 22.6 Å². The summed E-state index contributed by atoms with van der Waals surface area (Å²) in [5.74, 6) is 0.888. The number of halogens is 1. The second-order valence-electron chi connectivity index (χ2n) is 3.76. The molecule has 2 aromatic carbocycles. The van der Waals surface area contributed by atoms with Crippen molar-refractivity contribution in [1.82, 2.24) is 0 Å². The smallest absolute Gasteiger partial charge is 0.132 e. The first-order chi connectivity index (χ1) is 8.27. The molecule has 0 aliphatic heterocycles. The van der Waals surface area contributed by atoms with Gasteiger partial charge in [-0.15, -0.1) is 0 Å². The van der Waals surface area contributed by atoms with Crippen molar-refractivity contribution in [2.24, 2.45) is 5.73 Å². The summed E-state index contributed by atoms with van der Waals surface area (Å²) in [6.07, 6.45) is 0. The molecule has 0 bridgehead atoms. The van der Waals surface area contributed by atoms with Gasteiger partial charge < -0.3 is 10.5 Å². The third-order valence-corrected chi connectivity index (χ3v) is 3.37. The molecule has 2 aromatic rings. The normalized spacial score (nSPS) is 12.1. The second kappa shape index (κ2) is 6.02. The molecule has 0 saturated carbocycles. The van der Waals surface area contributed by atoms with Crippen molar-refractivity contribution in [2.45, 2.75) is 6.04 Å². The van der Waals surface area contributed by atoms with Crippen LogP contribution in [0.5, 0.6) is 5.75 Å². The maximum absolute atomic E-state index is 6.07. The van der Waals surface area contributed by atoms with Crippen LogP contribution in [-0.2, 0) is 0 Å².